The Morgan fingerprint density at radius 2 is 1.93 bits per heavy atom. The van der Waals surface area contributed by atoms with Crippen LogP contribution in [0.15, 0.2) is 18.2 Å². The van der Waals surface area contributed by atoms with E-state index in [0.29, 0.717) is 0 Å². The molecule has 0 N–H and O–H groups in total. The molecule has 0 aliphatic heterocycles. The summed E-state index contributed by atoms with van der Waals surface area (Å²) in [5, 5.41) is 0. The van der Waals surface area contributed by atoms with Crippen molar-refractivity contribution in [3.63, 3.8) is 0 Å². The molecule has 0 saturated carbocycles. The molecule has 1 nitrogen and oxygen atoms in total. The van der Waals surface area contributed by atoms with Gasteiger partial charge in [0.2, 0.25) is 0 Å². The molecule has 0 spiro atoms. The lowest BCUT2D eigenvalue weighted by atomic mass is 10.1. The molecule has 0 heterocycles. The van der Waals surface area contributed by atoms with Crippen molar-refractivity contribution in [2.75, 3.05) is 7.11 Å². The lowest BCUT2D eigenvalue weighted by molar-refractivity contribution is -0.137. The molecule has 0 aliphatic carbocycles. The Bertz CT molecular complexity index is 389. The quantitative estimate of drug-likeness (QED) is 0.589. The number of thiocarbonyl (C=S) groups is 1. The molecular weight excluding hydrogens is 249 g/mol. The summed E-state index contributed by atoms with van der Waals surface area (Å²) in [6, 6.07) is 3.13. The van der Waals surface area contributed by atoms with Gasteiger partial charge in [-0.15, -0.1) is 0 Å². The first-order chi connectivity index (χ1) is 6.84. The molecule has 1 aromatic carbocycles. The highest BCUT2D eigenvalue weighted by molar-refractivity contribution is 7.83. The molecule has 0 aliphatic rings. The van der Waals surface area contributed by atoms with E-state index in [9.17, 15) is 13.2 Å². The van der Waals surface area contributed by atoms with Crippen molar-refractivity contribution in [1.82, 2.24) is 0 Å². The van der Waals surface area contributed by atoms with E-state index in [2.05, 4.69) is 12.2 Å². The molecule has 0 radical (unpaired) electrons. The first-order valence-corrected chi connectivity index (χ1v) is 4.59. The van der Waals surface area contributed by atoms with Crippen LogP contribution in [0.4, 0.5) is 13.2 Å². The van der Waals surface area contributed by atoms with Crippen LogP contribution in [0.2, 0.25) is 0 Å². The summed E-state index contributed by atoms with van der Waals surface area (Å²) in [6.07, 6.45) is -4.44. The SMILES string of the molecule is COc1cc(C(=S)Cl)cc(C(F)(F)F)c1. The van der Waals surface area contributed by atoms with Crippen molar-refractivity contribution in [2.45, 2.75) is 6.18 Å². The maximum Gasteiger partial charge on any atom is 0.416 e. The highest BCUT2D eigenvalue weighted by Gasteiger charge is 2.31. The van der Waals surface area contributed by atoms with E-state index >= 15 is 0 Å². The number of methoxy groups -OCH3 is 1. The molecule has 0 aromatic heterocycles. The van der Waals surface area contributed by atoms with Gasteiger partial charge < -0.3 is 4.74 Å². The standard InChI is InChI=1S/C9H6ClF3OS/c1-14-7-3-5(8(10)15)2-6(4-7)9(11,12)13/h2-4H,1H3. The van der Waals surface area contributed by atoms with Gasteiger partial charge in [0, 0.05) is 5.56 Å². The molecule has 6 heteroatoms. The molecule has 1 rings (SSSR count). The number of hydrogen-bond donors (Lipinski definition) is 0. The third-order valence-electron chi connectivity index (χ3n) is 1.70. The fraction of sp³-hybridized carbons (Fsp3) is 0.222. The monoisotopic (exact) mass is 254 g/mol. The molecule has 0 fully saturated rings. The summed E-state index contributed by atoms with van der Waals surface area (Å²) in [5.74, 6) is 0.0721. The minimum absolute atomic E-state index is 0.0721. The number of hydrogen-bond acceptors (Lipinski definition) is 2. The predicted molar refractivity (Wildman–Crippen MR) is 55.5 cm³/mol. The Hall–Kier alpha value is -0.810. The van der Waals surface area contributed by atoms with Crippen molar-refractivity contribution in [3.05, 3.63) is 29.3 Å². The fourth-order valence-electron chi connectivity index (χ4n) is 0.994. The van der Waals surface area contributed by atoms with Crippen LogP contribution in [0.3, 0.4) is 0 Å². The summed E-state index contributed by atoms with van der Waals surface area (Å²) >= 11 is 10.1. The Balaban J connectivity index is 3.30. The van der Waals surface area contributed by atoms with Crippen molar-refractivity contribution >= 4 is 28.1 Å². The molecule has 0 amide bonds. The third-order valence-corrected chi connectivity index (χ3v) is 2.15. The van der Waals surface area contributed by atoms with E-state index in [1.807, 2.05) is 0 Å². The number of alkyl halides is 3. The lowest BCUT2D eigenvalue weighted by Crippen LogP contribution is -2.06. The first kappa shape index (κ1) is 12.3. The van der Waals surface area contributed by atoms with Gasteiger partial charge in [-0.25, -0.2) is 0 Å². The smallest absolute Gasteiger partial charge is 0.416 e. The summed E-state index contributed by atoms with van der Waals surface area (Å²) in [6.45, 7) is 0. The van der Waals surface area contributed by atoms with Crippen molar-refractivity contribution in [2.24, 2.45) is 0 Å². The van der Waals surface area contributed by atoms with Crippen LogP contribution in [-0.4, -0.2) is 11.4 Å². The van der Waals surface area contributed by atoms with Crippen LogP contribution in [0, 0.1) is 0 Å². The zero-order valence-electron chi connectivity index (χ0n) is 7.56. The fourth-order valence-corrected chi connectivity index (χ4v) is 1.22. The average molecular weight is 255 g/mol. The van der Waals surface area contributed by atoms with Crippen LogP contribution >= 0.6 is 23.8 Å². The van der Waals surface area contributed by atoms with Crippen molar-refractivity contribution < 1.29 is 17.9 Å². The topological polar surface area (TPSA) is 9.23 Å². The van der Waals surface area contributed by atoms with Gasteiger partial charge >= 0.3 is 6.18 Å². The van der Waals surface area contributed by atoms with Crippen LogP contribution < -0.4 is 4.74 Å². The zero-order chi connectivity index (χ0) is 11.6. The van der Waals surface area contributed by atoms with Gasteiger partial charge in [-0.3, -0.25) is 0 Å². The van der Waals surface area contributed by atoms with Gasteiger partial charge in [0.1, 0.15) is 10.1 Å². The molecule has 1 aromatic rings. The highest BCUT2D eigenvalue weighted by Crippen LogP contribution is 2.33. The molecule has 0 saturated heterocycles. The van der Waals surface area contributed by atoms with Gasteiger partial charge in [0.25, 0.3) is 0 Å². The maximum atomic E-state index is 12.4. The van der Waals surface area contributed by atoms with Crippen LogP contribution in [-0.2, 0) is 6.18 Å². The molecule has 15 heavy (non-hydrogen) atoms. The molecule has 0 unspecified atom stereocenters. The van der Waals surface area contributed by atoms with Gasteiger partial charge in [-0.1, -0.05) is 23.8 Å². The number of halogens is 4. The van der Waals surface area contributed by atoms with Crippen molar-refractivity contribution in [1.29, 1.82) is 0 Å². The summed E-state index contributed by atoms with van der Waals surface area (Å²) in [4.78, 5) is 0. The Morgan fingerprint density at radius 3 is 2.33 bits per heavy atom. The van der Waals surface area contributed by atoms with E-state index in [1.54, 1.807) is 0 Å². The van der Waals surface area contributed by atoms with E-state index < -0.39 is 11.7 Å². The third kappa shape index (κ3) is 3.07. The van der Waals surface area contributed by atoms with Crippen molar-refractivity contribution in [3.8, 4) is 5.75 Å². The summed E-state index contributed by atoms with van der Waals surface area (Å²) < 4.78 is 41.8. The lowest BCUT2D eigenvalue weighted by Gasteiger charge is -2.10. The molecule has 0 bridgehead atoms. The van der Waals surface area contributed by atoms with Gasteiger partial charge in [-0.2, -0.15) is 13.2 Å². The van der Waals surface area contributed by atoms with Gasteiger partial charge in [0.15, 0.2) is 0 Å². The minimum Gasteiger partial charge on any atom is -0.497 e. The van der Waals surface area contributed by atoms with E-state index in [-0.39, 0.29) is 15.6 Å². The van der Waals surface area contributed by atoms with Crippen LogP contribution in [0.5, 0.6) is 5.75 Å². The largest absolute Gasteiger partial charge is 0.497 e. The van der Waals surface area contributed by atoms with E-state index in [0.717, 1.165) is 12.1 Å². The maximum absolute atomic E-state index is 12.4. The van der Waals surface area contributed by atoms with E-state index in [4.69, 9.17) is 16.3 Å². The highest BCUT2D eigenvalue weighted by atomic mass is 35.5. The number of ether oxygens (including phenoxy) is 1. The predicted octanol–water partition coefficient (Wildman–Crippen LogP) is 3.63. The number of benzene rings is 1. The van der Waals surface area contributed by atoms with Gasteiger partial charge in [0.05, 0.1) is 12.7 Å². The van der Waals surface area contributed by atoms with Crippen LogP contribution in [0.1, 0.15) is 11.1 Å². The van der Waals surface area contributed by atoms with E-state index in [1.165, 1.54) is 13.2 Å². The second kappa shape index (κ2) is 4.37. The normalized spacial score (nSPS) is 11.3. The summed E-state index contributed by atoms with van der Waals surface area (Å²) in [7, 11) is 1.27. The average Bonchev–Trinajstić information content (AvgIpc) is 2.15. The Labute approximate surface area is 94.8 Å². The van der Waals surface area contributed by atoms with Crippen LogP contribution in [0.25, 0.3) is 0 Å². The Kier molecular flexibility index (Phi) is 3.57. The second-order valence-electron chi connectivity index (χ2n) is 2.72. The zero-order valence-corrected chi connectivity index (χ0v) is 9.13. The molecule has 82 valence electrons. The Morgan fingerprint density at radius 1 is 1.33 bits per heavy atom. The molecular formula is C9H6ClF3OS. The first-order valence-electron chi connectivity index (χ1n) is 3.80. The number of rotatable bonds is 2. The minimum atomic E-state index is -4.44. The van der Waals surface area contributed by atoms with Gasteiger partial charge in [-0.05, 0) is 18.2 Å². The summed E-state index contributed by atoms with van der Waals surface area (Å²) in [5.41, 5.74) is -0.710. The second-order valence-corrected chi connectivity index (χ2v) is 3.73. The molecule has 0 atom stereocenters.